The molecule has 4 aromatic heterocycles. The summed E-state index contributed by atoms with van der Waals surface area (Å²) in [4.78, 5) is 33.4. The molecule has 0 aliphatic rings. The van der Waals surface area contributed by atoms with Gasteiger partial charge in [0, 0.05) is 44.9 Å². The van der Waals surface area contributed by atoms with E-state index in [4.69, 9.17) is 19.2 Å². The average molecular weight is 535 g/mol. The molecule has 0 saturated carbocycles. The number of H-pyrrole nitrogens is 2. The highest BCUT2D eigenvalue weighted by Crippen LogP contribution is 2.36. The van der Waals surface area contributed by atoms with Crippen molar-refractivity contribution in [2.24, 2.45) is 13.0 Å². The van der Waals surface area contributed by atoms with Gasteiger partial charge >= 0.3 is 0 Å². The van der Waals surface area contributed by atoms with Crippen molar-refractivity contribution in [2.45, 2.75) is 27.3 Å². The Balaban J connectivity index is 0.00000353. The Morgan fingerprint density at radius 2 is 1.82 bits per heavy atom. The van der Waals surface area contributed by atoms with Crippen LogP contribution in [0.5, 0.6) is 11.5 Å². The van der Waals surface area contributed by atoms with Gasteiger partial charge in [0.2, 0.25) is 0 Å². The van der Waals surface area contributed by atoms with Crippen LogP contribution in [0.25, 0.3) is 33.5 Å². The van der Waals surface area contributed by atoms with Crippen LogP contribution >= 0.6 is 0 Å². The van der Waals surface area contributed by atoms with E-state index in [1.807, 2.05) is 0 Å². The highest BCUT2D eigenvalue weighted by Gasteiger charge is 2.26. The lowest BCUT2D eigenvalue weighted by molar-refractivity contribution is 0.144. The van der Waals surface area contributed by atoms with Gasteiger partial charge in [-0.3, -0.25) is 9.48 Å². The summed E-state index contributed by atoms with van der Waals surface area (Å²) in [7, 11) is 4.98. The van der Waals surface area contributed by atoms with Crippen molar-refractivity contribution in [3.05, 3.63) is 53.0 Å². The fraction of sp³-hybridized carbons (Fsp3) is 0.370. The topological polar surface area (TPSA) is 145 Å². The highest BCUT2D eigenvalue weighted by molar-refractivity contribution is 5.96. The van der Waals surface area contributed by atoms with Crippen molar-refractivity contribution in [1.29, 1.82) is 0 Å². The first kappa shape index (κ1) is 27.6. The number of nitrogens with one attached hydrogen (secondary N) is 3. The number of ether oxygens (including phenoxy) is 3. The molecule has 0 aliphatic carbocycles. The number of aromatic nitrogens is 7. The van der Waals surface area contributed by atoms with E-state index in [-0.39, 0.29) is 24.9 Å². The van der Waals surface area contributed by atoms with Crippen molar-refractivity contribution in [3.63, 3.8) is 0 Å². The second-order valence-electron chi connectivity index (χ2n) is 9.19. The number of hydrogen-bond donors (Lipinski definition) is 3. The minimum atomic E-state index is -0.313. The Morgan fingerprint density at radius 3 is 2.51 bits per heavy atom. The number of hydrogen-bond acceptors (Lipinski definition) is 9. The van der Waals surface area contributed by atoms with Gasteiger partial charge in [-0.25, -0.2) is 15.0 Å². The van der Waals surface area contributed by atoms with Crippen LogP contribution in [0.1, 0.15) is 33.1 Å². The number of nitrogens with zero attached hydrogens (tertiary/aromatic N) is 5. The van der Waals surface area contributed by atoms with Gasteiger partial charge < -0.3 is 29.5 Å². The molecule has 12 heteroatoms. The zero-order chi connectivity index (χ0) is 26.8. The van der Waals surface area contributed by atoms with E-state index >= 15 is 0 Å². The van der Waals surface area contributed by atoms with Crippen LogP contribution in [0, 0.1) is 5.92 Å². The molecule has 1 atom stereocenters. The summed E-state index contributed by atoms with van der Waals surface area (Å²) < 4.78 is 18.1. The van der Waals surface area contributed by atoms with Gasteiger partial charge in [-0.2, -0.15) is 5.10 Å². The molecule has 0 saturated heterocycles. The second-order valence-corrected chi connectivity index (χ2v) is 9.19. The highest BCUT2D eigenvalue weighted by atomic mass is 16.5. The molecule has 5 aromatic rings. The number of rotatable bonds is 10. The molecule has 12 nitrogen and oxygen atoms in total. The number of aromatic amines is 2. The first-order valence-electron chi connectivity index (χ1n) is 12.2. The molecule has 1 aromatic carbocycles. The van der Waals surface area contributed by atoms with Gasteiger partial charge in [0.05, 0.1) is 42.0 Å². The van der Waals surface area contributed by atoms with Crippen LogP contribution in [0.4, 0.5) is 5.69 Å². The normalized spacial score (nSPS) is 12.1. The molecular weight excluding hydrogens is 500 g/mol. The lowest BCUT2D eigenvalue weighted by Gasteiger charge is -2.23. The second kappa shape index (κ2) is 11.5. The predicted molar refractivity (Wildman–Crippen MR) is 150 cm³/mol. The van der Waals surface area contributed by atoms with Gasteiger partial charge in [-0.15, -0.1) is 0 Å². The number of methoxy groups -OCH3 is 2. The van der Waals surface area contributed by atoms with Crippen LogP contribution in [-0.4, -0.2) is 62.1 Å². The van der Waals surface area contributed by atoms with Crippen molar-refractivity contribution < 1.29 is 14.2 Å². The third kappa shape index (κ3) is 5.41. The van der Waals surface area contributed by atoms with Gasteiger partial charge in [-0.05, 0) is 12.0 Å². The maximum absolute atomic E-state index is 13.5. The summed E-state index contributed by atoms with van der Waals surface area (Å²) in [5.41, 5.74) is 3.07. The van der Waals surface area contributed by atoms with Gasteiger partial charge in [0.1, 0.15) is 23.5 Å². The van der Waals surface area contributed by atoms with Crippen LogP contribution in [0.3, 0.4) is 0 Å². The van der Waals surface area contributed by atoms with Gasteiger partial charge in [0.25, 0.3) is 5.56 Å². The molecule has 3 N–H and O–H groups in total. The molecule has 0 fully saturated rings. The maximum atomic E-state index is 13.5. The van der Waals surface area contributed by atoms with Crippen molar-refractivity contribution in [3.8, 4) is 22.9 Å². The minimum absolute atomic E-state index is 0. The molecule has 39 heavy (non-hydrogen) atoms. The van der Waals surface area contributed by atoms with Crippen LogP contribution in [0.15, 0.2) is 41.6 Å². The number of fused-ring (bicyclic) bond motifs is 2. The van der Waals surface area contributed by atoms with E-state index in [0.29, 0.717) is 69.7 Å². The zero-order valence-corrected chi connectivity index (χ0v) is 21.9. The van der Waals surface area contributed by atoms with E-state index in [1.54, 1.807) is 62.7 Å². The summed E-state index contributed by atoms with van der Waals surface area (Å²) in [5.74, 6) is 2.17. The molecule has 4 heterocycles. The number of anilines is 1. The summed E-state index contributed by atoms with van der Waals surface area (Å²) in [6.45, 7) is 4.93. The SMILES string of the molecule is C.COCCOc1cc2[nH]c(-c3c(N[C@H](c4ncccn4)C(C)C)c4nn(C)cc4[nH]c3=O)nc2cc1OC. The summed E-state index contributed by atoms with van der Waals surface area (Å²) in [6.07, 6.45) is 5.17. The molecule has 0 aliphatic heterocycles. The molecule has 0 radical (unpaired) electrons. The van der Waals surface area contributed by atoms with E-state index in [9.17, 15) is 4.79 Å². The van der Waals surface area contributed by atoms with Gasteiger partial charge in [-0.1, -0.05) is 21.3 Å². The molecular formula is C27H34N8O4. The lowest BCUT2D eigenvalue weighted by atomic mass is 10.0. The average Bonchev–Trinajstić information content (AvgIpc) is 3.48. The third-order valence-electron chi connectivity index (χ3n) is 6.17. The largest absolute Gasteiger partial charge is 0.493 e. The van der Waals surface area contributed by atoms with Crippen LogP contribution in [0.2, 0.25) is 0 Å². The van der Waals surface area contributed by atoms with E-state index in [0.717, 1.165) is 0 Å². The molecule has 206 valence electrons. The molecule has 5 rings (SSSR count). The molecule has 0 bridgehead atoms. The summed E-state index contributed by atoms with van der Waals surface area (Å²) in [6, 6.07) is 5.06. The predicted octanol–water partition coefficient (Wildman–Crippen LogP) is 4.07. The fourth-order valence-electron chi connectivity index (χ4n) is 4.35. The summed E-state index contributed by atoms with van der Waals surface area (Å²) in [5, 5.41) is 8.16. The quantitative estimate of drug-likeness (QED) is 0.226. The van der Waals surface area contributed by atoms with Crippen LogP contribution in [-0.2, 0) is 11.8 Å². The van der Waals surface area contributed by atoms with Gasteiger partial charge in [0.15, 0.2) is 17.3 Å². The van der Waals surface area contributed by atoms with Crippen molar-refractivity contribution >= 4 is 27.8 Å². The Hall–Kier alpha value is -4.45. The number of benzene rings is 1. The van der Waals surface area contributed by atoms with E-state index in [1.165, 1.54) is 0 Å². The summed E-state index contributed by atoms with van der Waals surface area (Å²) >= 11 is 0. The first-order chi connectivity index (χ1) is 18.4. The standard InChI is InChI=1S/C26H30N8O4.CH4/c1-14(2)21(25-27-7-6-8-28-25)32-23-20(26(35)31-17-13-34(3)33-22(17)23)24-29-15-11-18(37-5)19(12-16(15)30-24)38-10-9-36-4;/h6-8,11-14,21,32H,9-10H2,1-5H3,(H,29,30)(H,31,35);1H4/t21-;/m0./s1. The lowest BCUT2D eigenvalue weighted by Crippen LogP contribution is -2.22. The number of pyridine rings is 1. The first-order valence-corrected chi connectivity index (χ1v) is 12.2. The smallest absolute Gasteiger partial charge is 0.261 e. The van der Waals surface area contributed by atoms with E-state index in [2.05, 4.69) is 44.2 Å². The number of aryl methyl sites for hydroxylation is 1. The molecule has 0 unspecified atom stereocenters. The van der Waals surface area contributed by atoms with Crippen molar-refractivity contribution in [1.82, 2.24) is 34.7 Å². The number of imidazole rings is 1. The Morgan fingerprint density at radius 1 is 1.05 bits per heavy atom. The Labute approximate surface area is 225 Å². The Bertz CT molecular complexity index is 1620. The minimum Gasteiger partial charge on any atom is -0.493 e. The Kier molecular flexibility index (Phi) is 8.15. The zero-order valence-electron chi connectivity index (χ0n) is 21.9. The monoisotopic (exact) mass is 534 g/mol. The third-order valence-corrected chi connectivity index (χ3v) is 6.17. The molecule has 0 spiro atoms. The molecule has 0 amide bonds. The van der Waals surface area contributed by atoms with Crippen LogP contribution < -0.4 is 20.3 Å². The van der Waals surface area contributed by atoms with E-state index < -0.39 is 0 Å². The maximum Gasteiger partial charge on any atom is 0.261 e. The fourth-order valence-corrected chi connectivity index (χ4v) is 4.35. The van der Waals surface area contributed by atoms with Crippen molar-refractivity contribution in [2.75, 3.05) is 32.8 Å².